The number of aliphatic hydroxyl groups excluding tert-OH is 1. The average Bonchev–Trinajstić information content (AvgIpc) is 2.15. The number of rotatable bonds is 2. The van der Waals surface area contributed by atoms with E-state index in [1.807, 2.05) is 45.9 Å². The van der Waals surface area contributed by atoms with Crippen molar-refractivity contribution in [1.82, 2.24) is 0 Å². The Morgan fingerprint density at radius 2 is 1.87 bits per heavy atom. The molecule has 0 saturated carbocycles. The van der Waals surface area contributed by atoms with E-state index in [9.17, 15) is 5.11 Å². The highest BCUT2D eigenvalue weighted by atomic mass is 16.5. The summed E-state index contributed by atoms with van der Waals surface area (Å²) in [4.78, 5) is 0. The molecule has 1 rings (SSSR count). The predicted octanol–water partition coefficient (Wildman–Crippen LogP) is 3.08. The van der Waals surface area contributed by atoms with Crippen LogP contribution in [0.25, 0.3) is 0 Å². The van der Waals surface area contributed by atoms with Crippen molar-refractivity contribution in [2.75, 3.05) is 7.11 Å². The van der Waals surface area contributed by atoms with E-state index in [0.717, 1.165) is 16.9 Å². The van der Waals surface area contributed by atoms with Crippen molar-refractivity contribution in [2.24, 2.45) is 5.41 Å². The van der Waals surface area contributed by atoms with Crippen LogP contribution >= 0.6 is 0 Å². The van der Waals surface area contributed by atoms with E-state index in [-0.39, 0.29) is 5.41 Å². The molecule has 0 aliphatic rings. The highest BCUT2D eigenvalue weighted by molar-refractivity contribution is 5.41. The Balaban J connectivity index is 3.23. The monoisotopic (exact) mass is 208 g/mol. The topological polar surface area (TPSA) is 29.5 Å². The molecule has 0 aromatic heterocycles. The Morgan fingerprint density at radius 3 is 2.33 bits per heavy atom. The number of aliphatic hydroxyl groups is 1. The van der Waals surface area contributed by atoms with Crippen LogP contribution in [0.4, 0.5) is 0 Å². The maximum absolute atomic E-state index is 10.3. The second-order valence-corrected chi connectivity index (χ2v) is 4.96. The fraction of sp³-hybridized carbons (Fsp3) is 0.538. The number of ether oxygens (including phenoxy) is 1. The van der Waals surface area contributed by atoms with Crippen molar-refractivity contribution in [1.29, 1.82) is 0 Å². The van der Waals surface area contributed by atoms with Gasteiger partial charge in [0.1, 0.15) is 5.75 Å². The Morgan fingerprint density at radius 1 is 1.27 bits per heavy atom. The molecule has 0 saturated heterocycles. The van der Waals surface area contributed by atoms with Crippen LogP contribution in [0.3, 0.4) is 0 Å². The van der Waals surface area contributed by atoms with Crippen LogP contribution in [0.5, 0.6) is 5.75 Å². The van der Waals surface area contributed by atoms with Gasteiger partial charge in [-0.3, -0.25) is 0 Å². The van der Waals surface area contributed by atoms with Gasteiger partial charge in [0.15, 0.2) is 0 Å². The Bertz CT molecular complexity index is 337. The Hall–Kier alpha value is -1.02. The van der Waals surface area contributed by atoms with Gasteiger partial charge in [-0.1, -0.05) is 32.9 Å². The predicted molar refractivity (Wildman–Crippen MR) is 62.1 cm³/mol. The van der Waals surface area contributed by atoms with Crippen LogP contribution in [0.15, 0.2) is 18.2 Å². The van der Waals surface area contributed by atoms with E-state index in [1.54, 1.807) is 7.11 Å². The van der Waals surface area contributed by atoms with Crippen molar-refractivity contribution >= 4 is 0 Å². The molecule has 0 radical (unpaired) electrons. The fourth-order valence-electron chi connectivity index (χ4n) is 1.62. The van der Waals surface area contributed by atoms with Gasteiger partial charge in [0.2, 0.25) is 0 Å². The van der Waals surface area contributed by atoms with E-state index < -0.39 is 6.10 Å². The summed E-state index contributed by atoms with van der Waals surface area (Å²) in [5.41, 5.74) is 1.78. The largest absolute Gasteiger partial charge is 0.496 e. The van der Waals surface area contributed by atoms with E-state index >= 15 is 0 Å². The highest BCUT2D eigenvalue weighted by Gasteiger charge is 2.27. The van der Waals surface area contributed by atoms with E-state index in [2.05, 4.69) is 0 Å². The molecule has 1 aromatic carbocycles. The minimum Gasteiger partial charge on any atom is -0.496 e. The van der Waals surface area contributed by atoms with Crippen molar-refractivity contribution in [3.05, 3.63) is 29.3 Å². The minimum absolute atomic E-state index is 0.181. The lowest BCUT2D eigenvalue weighted by atomic mass is 9.83. The second-order valence-electron chi connectivity index (χ2n) is 4.96. The fourth-order valence-corrected chi connectivity index (χ4v) is 1.62. The summed E-state index contributed by atoms with van der Waals surface area (Å²) in [5.74, 6) is 0.762. The number of benzene rings is 1. The molecular formula is C13H20O2. The summed E-state index contributed by atoms with van der Waals surface area (Å²) in [6, 6.07) is 5.82. The van der Waals surface area contributed by atoms with Gasteiger partial charge < -0.3 is 9.84 Å². The molecule has 2 heteroatoms. The average molecular weight is 208 g/mol. The van der Waals surface area contributed by atoms with E-state index in [4.69, 9.17) is 4.74 Å². The summed E-state index contributed by atoms with van der Waals surface area (Å²) in [7, 11) is 1.63. The maximum Gasteiger partial charge on any atom is 0.124 e. The smallest absolute Gasteiger partial charge is 0.124 e. The van der Waals surface area contributed by atoms with Crippen molar-refractivity contribution in [3.8, 4) is 5.75 Å². The molecular weight excluding hydrogens is 188 g/mol. The van der Waals surface area contributed by atoms with Crippen LogP contribution in [-0.4, -0.2) is 12.2 Å². The van der Waals surface area contributed by atoms with Crippen LogP contribution in [0, 0.1) is 12.3 Å². The number of hydrogen-bond acceptors (Lipinski definition) is 2. The first-order valence-electron chi connectivity index (χ1n) is 5.19. The molecule has 0 aliphatic carbocycles. The molecule has 1 N–H and O–H groups in total. The third-order valence-electron chi connectivity index (χ3n) is 2.60. The third-order valence-corrected chi connectivity index (χ3v) is 2.60. The third kappa shape index (κ3) is 2.51. The Kier molecular flexibility index (Phi) is 3.40. The molecule has 0 bridgehead atoms. The zero-order chi connectivity index (χ0) is 11.6. The van der Waals surface area contributed by atoms with Crippen LogP contribution in [-0.2, 0) is 0 Å². The van der Waals surface area contributed by atoms with Gasteiger partial charge in [0.05, 0.1) is 13.2 Å². The van der Waals surface area contributed by atoms with Gasteiger partial charge in [-0.15, -0.1) is 0 Å². The summed E-state index contributed by atoms with van der Waals surface area (Å²) < 4.78 is 5.28. The highest BCUT2D eigenvalue weighted by Crippen LogP contribution is 2.38. The van der Waals surface area contributed by atoms with Gasteiger partial charge in [-0.2, -0.15) is 0 Å². The normalized spacial score (nSPS) is 13.7. The van der Waals surface area contributed by atoms with Crippen LogP contribution in [0.1, 0.15) is 38.0 Å². The van der Waals surface area contributed by atoms with Gasteiger partial charge in [-0.25, -0.2) is 0 Å². The molecule has 2 nitrogen and oxygen atoms in total. The molecule has 1 unspecified atom stereocenters. The molecule has 1 atom stereocenters. The summed E-state index contributed by atoms with van der Waals surface area (Å²) >= 11 is 0. The summed E-state index contributed by atoms with van der Waals surface area (Å²) in [6.07, 6.45) is -0.506. The van der Waals surface area contributed by atoms with Crippen LogP contribution < -0.4 is 4.74 Å². The lowest BCUT2D eigenvalue weighted by molar-refractivity contribution is 0.0598. The van der Waals surface area contributed by atoms with E-state index in [1.165, 1.54) is 0 Å². The molecule has 0 heterocycles. The molecule has 15 heavy (non-hydrogen) atoms. The molecule has 0 fully saturated rings. The first-order valence-corrected chi connectivity index (χ1v) is 5.19. The Labute approximate surface area is 91.9 Å². The molecule has 84 valence electrons. The van der Waals surface area contributed by atoms with Crippen molar-refractivity contribution in [3.63, 3.8) is 0 Å². The lowest BCUT2D eigenvalue weighted by Gasteiger charge is -2.28. The van der Waals surface area contributed by atoms with Gasteiger partial charge in [-0.05, 0) is 24.0 Å². The zero-order valence-electron chi connectivity index (χ0n) is 10.2. The van der Waals surface area contributed by atoms with Crippen LogP contribution in [0.2, 0.25) is 0 Å². The summed E-state index contributed by atoms with van der Waals surface area (Å²) in [5, 5.41) is 10.3. The first-order chi connectivity index (χ1) is 6.88. The molecule has 0 amide bonds. The maximum atomic E-state index is 10.3. The minimum atomic E-state index is -0.506. The SMILES string of the molecule is COc1cccc(C)c1C(O)C(C)(C)C. The van der Waals surface area contributed by atoms with Crippen molar-refractivity contribution in [2.45, 2.75) is 33.8 Å². The van der Waals surface area contributed by atoms with E-state index in [0.29, 0.717) is 0 Å². The number of methoxy groups -OCH3 is 1. The quantitative estimate of drug-likeness (QED) is 0.809. The first kappa shape index (κ1) is 12.1. The zero-order valence-corrected chi connectivity index (χ0v) is 10.2. The number of hydrogen-bond donors (Lipinski definition) is 1. The second kappa shape index (κ2) is 4.23. The molecule has 1 aromatic rings. The van der Waals surface area contributed by atoms with Gasteiger partial charge in [0, 0.05) is 5.56 Å². The standard InChI is InChI=1S/C13H20O2/c1-9-7-6-8-10(15-5)11(9)12(14)13(2,3)4/h6-8,12,14H,1-5H3. The van der Waals surface area contributed by atoms with Crippen molar-refractivity contribution < 1.29 is 9.84 Å². The molecule has 0 spiro atoms. The van der Waals surface area contributed by atoms with Gasteiger partial charge >= 0.3 is 0 Å². The lowest BCUT2D eigenvalue weighted by Crippen LogP contribution is -2.19. The summed E-state index contributed by atoms with van der Waals surface area (Å²) in [6.45, 7) is 8.05. The van der Waals surface area contributed by atoms with Gasteiger partial charge in [0.25, 0.3) is 0 Å². The molecule has 0 aliphatic heterocycles. The number of aryl methyl sites for hydroxylation is 1.